The highest BCUT2D eigenvalue weighted by atomic mass is 16.4. The van der Waals surface area contributed by atoms with Gasteiger partial charge in [-0.3, -0.25) is 19.3 Å². The van der Waals surface area contributed by atoms with Gasteiger partial charge in [0, 0.05) is 12.8 Å². The molecule has 0 unspecified atom stereocenters. The van der Waals surface area contributed by atoms with E-state index in [1.165, 1.54) is 0 Å². The third kappa shape index (κ3) is 3.04. The smallest absolute Gasteiger partial charge is 0.326 e. The van der Waals surface area contributed by atoms with Gasteiger partial charge in [0.2, 0.25) is 17.7 Å². The lowest BCUT2D eigenvalue weighted by Gasteiger charge is -2.22. The molecular weight excluding hydrogens is 242 g/mol. The fourth-order valence-electron chi connectivity index (χ4n) is 1.79. The summed E-state index contributed by atoms with van der Waals surface area (Å²) in [6.45, 7) is 0. The Morgan fingerprint density at radius 1 is 1.44 bits per heavy atom. The van der Waals surface area contributed by atoms with E-state index in [1.807, 2.05) is 0 Å². The zero-order chi connectivity index (χ0) is 13.9. The number of carboxylic acids is 1. The maximum Gasteiger partial charge on any atom is 0.326 e. The second kappa shape index (κ2) is 5.58. The predicted octanol–water partition coefficient (Wildman–Crippen LogP) is -1.82. The molecule has 0 saturated carbocycles. The number of nitrogens with zero attached hydrogens (tertiary/aromatic N) is 1. The van der Waals surface area contributed by atoms with Gasteiger partial charge in [-0.2, -0.15) is 0 Å². The van der Waals surface area contributed by atoms with Gasteiger partial charge in [0.05, 0.1) is 6.04 Å². The van der Waals surface area contributed by atoms with Gasteiger partial charge in [-0.25, -0.2) is 4.79 Å². The number of rotatable bonds is 5. The summed E-state index contributed by atoms with van der Waals surface area (Å²) in [5.41, 5.74) is 10.4. The molecule has 3 amide bonds. The largest absolute Gasteiger partial charge is 0.480 e. The number of likely N-dealkylation sites (tertiary alicyclic amines) is 1. The lowest BCUT2D eigenvalue weighted by Crippen LogP contribution is -2.50. The Labute approximate surface area is 103 Å². The molecule has 1 fully saturated rings. The number of imide groups is 1. The van der Waals surface area contributed by atoms with E-state index in [2.05, 4.69) is 0 Å². The molecule has 0 aromatic heterocycles. The average molecular weight is 257 g/mol. The lowest BCUT2D eigenvalue weighted by molar-refractivity contribution is -0.154. The zero-order valence-corrected chi connectivity index (χ0v) is 9.67. The molecule has 100 valence electrons. The van der Waals surface area contributed by atoms with Crippen LogP contribution in [0.2, 0.25) is 0 Å². The second-order valence-electron chi connectivity index (χ2n) is 4.11. The van der Waals surface area contributed by atoms with Crippen molar-refractivity contribution in [2.24, 2.45) is 11.5 Å². The molecule has 1 rings (SSSR count). The zero-order valence-electron chi connectivity index (χ0n) is 9.67. The van der Waals surface area contributed by atoms with Gasteiger partial charge in [-0.1, -0.05) is 0 Å². The van der Waals surface area contributed by atoms with Crippen molar-refractivity contribution in [2.75, 3.05) is 0 Å². The van der Waals surface area contributed by atoms with Crippen LogP contribution in [0.15, 0.2) is 0 Å². The van der Waals surface area contributed by atoms with E-state index in [9.17, 15) is 19.2 Å². The highest BCUT2D eigenvalue weighted by Gasteiger charge is 2.41. The molecule has 18 heavy (non-hydrogen) atoms. The molecule has 0 bridgehead atoms. The molecule has 5 N–H and O–H groups in total. The Hall–Kier alpha value is -1.96. The number of primary amides is 1. The first-order valence-corrected chi connectivity index (χ1v) is 5.47. The third-order valence-electron chi connectivity index (χ3n) is 2.75. The number of hydrogen-bond donors (Lipinski definition) is 3. The van der Waals surface area contributed by atoms with Gasteiger partial charge < -0.3 is 16.6 Å². The number of carbonyl (C=O) groups is 4. The van der Waals surface area contributed by atoms with Crippen LogP contribution in [-0.4, -0.2) is 45.8 Å². The Morgan fingerprint density at radius 2 is 2.06 bits per heavy atom. The van der Waals surface area contributed by atoms with Crippen molar-refractivity contribution in [3.63, 3.8) is 0 Å². The predicted molar refractivity (Wildman–Crippen MR) is 58.9 cm³/mol. The first-order chi connectivity index (χ1) is 8.34. The van der Waals surface area contributed by atoms with E-state index in [4.69, 9.17) is 16.6 Å². The van der Waals surface area contributed by atoms with Crippen molar-refractivity contribution in [3.8, 4) is 0 Å². The van der Waals surface area contributed by atoms with E-state index < -0.39 is 35.8 Å². The number of carboxylic acid groups (broad SMARTS) is 1. The van der Waals surface area contributed by atoms with Gasteiger partial charge in [0.15, 0.2) is 0 Å². The quantitative estimate of drug-likeness (QED) is 0.529. The van der Waals surface area contributed by atoms with E-state index in [1.54, 1.807) is 0 Å². The summed E-state index contributed by atoms with van der Waals surface area (Å²) in [5.74, 6) is -3.18. The number of aliphatic carboxylic acids is 1. The summed E-state index contributed by atoms with van der Waals surface area (Å²) < 4.78 is 0. The van der Waals surface area contributed by atoms with E-state index in [-0.39, 0.29) is 25.7 Å². The highest BCUT2D eigenvalue weighted by Crippen LogP contribution is 2.20. The molecular formula is C10H15N3O5. The SMILES string of the molecule is NC(=O)CC[C@H](N)C(=O)N1C(=O)CC[C@H]1C(=O)O. The van der Waals surface area contributed by atoms with Crippen LogP contribution in [0.1, 0.15) is 25.7 Å². The van der Waals surface area contributed by atoms with Crippen molar-refractivity contribution in [1.82, 2.24) is 4.90 Å². The van der Waals surface area contributed by atoms with Crippen LogP contribution in [0.5, 0.6) is 0 Å². The first-order valence-electron chi connectivity index (χ1n) is 5.47. The van der Waals surface area contributed by atoms with Crippen molar-refractivity contribution < 1.29 is 24.3 Å². The van der Waals surface area contributed by atoms with Crippen molar-refractivity contribution in [1.29, 1.82) is 0 Å². The lowest BCUT2D eigenvalue weighted by atomic mass is 10.1. The Balaban J connectivity index is 2.71. The van der Waals surface area contributed by atoms with Gasteiger partial charge in [0.25, 0.3) is 0 Å². The molecule has 0 radical (unpaired) electrons. The summed E-state index contributed by atoms with van der Waals surface area (Å²) >= 11 is 0. The summed E-state index contributed by atoms with van der Waals surface area (Å²) in [6, 6.07) is -2.26. The number of hydrogen-bond acceptors (Lipinski definition) is 5. The Morgan fingerprint density at radius 3 is 2.56 bits per heavy atom. The van der Waals surface area contributed by atoms with Crippen LogP contribution >= 0.6 is 0 Å². The molecule has 1 aliphatic heterocycles. The highest BCUT2D eigenvalue weighted by molar-refractivity contribution is 6.03. The topological polar surface area (TPSA) is 144 Å². The van der Waals surface area contributed by atoms with Crippen LogP contribution in [0.3, 0.4) is 0 Å². The average Bonchev–Trinajstić information content (AvgIpc) is 2.67. The fraction of sp³-hybridized carbons (Fsp3) is 0.600. The number of nitrogens with two attached hydrogens (primary N) is 2. The third-order valence-corrected chi connectivity index (χ3v) is 2.75. The first kappa shape index (κ1) is 14.1. The molecule has 0 aromatic carbocycles. The molecule has 1 saturated heterocycles. The Bertz CT molecular complexity index is 395. The molecule has 8 nitrogen and oxygen atoms in total. The normalized spacial score (nSPS) is 20.8. The van der Waals surface area contributed by atoms with Gasteiger partial charge >= 0.3 is 5.97 Å². The van der Waals surface area contributed by atoms with E-state index >= 15 is 0 Å². The van der Waals surface area contributed by atoms with Crippen LogP contribution in [0.25, 0.3) is 0 Å². The Kier molecular flexibility index (Phi) is 4.38. The molecule has 1 heterocycles. The van der Waals surface area contributed by atoms with Crippen LogP contribution in [0.4, 0.5) is 0 Å². The summed E-state index contributed by atoms with van der Waals surface area (Å²) in [6.07, 6.45) is -0.00927. The monoisotopic (exact) mass is 257 g/mol. The maximum absolute atomic E-state index is 11.8. The molecule has 0 aromatic rings. The van der Waals surface area contributed by atoms with Gasteiger partial charge in [0.1, 0.15) is 6.04 Å². The standard InChI is InChI=1S/C10H15N3O5/c11-5(1-3-7(12)14)9(16)13-6(10(17)18)2-4-8(13)15/h5-6H,1-4,11H2,(H2,12,14)(H,17,18)/t5-,6-/m0/s1. The van der Waals surface area contributed by atoms with Crippen molar-refractivity contribution in [3.05, 3.63) is 0 Å². The minimum absolute atomic E-state index is 0.00520. The van der Waals surface area contributed by atoms with Gasteiger partial charge in [-0.05, 0) is 12.8 Å². The van der Waals surface area contributed by atoms with Crippen molar-refractivity contribution >= 4 is 23.7 Å². The maximum atomic E-state index is 11.8. The van der Waals surface area contributed by atoms with E-state index in [0.29, 0.717) is 4.90 Å². The number of amides is 3. The summed E-state index contributed by atoms with van der Waals surface area (Å²) in [7, 11) is 0. The van der Waals surface area contributed by atoms with Crippen LogP contribution in [-0.2, 0) is 19.2 Å². The molecule has 0 aliphatic carbocycles. The second-order valence-corrected chi connectivity index (χ2v) is 4.11. The minimum atomic E-state index is -1.24. The summed E-state index contributed by atoms with van der Waals surface area (Å²) in [4.78, 5) is 45.4. The molecule has 1 aliphatic rings. The van der Waals surface area contributed by atoms with Crippen molar-refractivity contribution in [2.45, 2.75) is 37.8 Å². The van der Waals surface area contributed by atoms with Crippen LogP contribution < -0.4 is 11.5 Å². The molecule has 2 atom stereocenters. The van der Waals surface area contributed by atoms with Gasteiger partial charge in [-0.15, -0.1) is 0 Å². The van der Waals surface area contributed by atoms with Crippen LogP contribution in [0, 0.1) is 0 Å². The number of carbonyl (C=O) groups excluding carboxylic acids is 3. The fourth-order valence-corrected chi connectivity index (χ4v) is 1.79. The summed E-state index contributed by atoms with van der Waals surface area (Å²) in [5, 5.41) is 8.89. The molecule has 8 heteroatoms. The minimum Gasteiger partial charge on any atom is -0.480 e. The molecule has 0 spiro atoms. The van der Waals surface area contributed by atoms with E-state index in [0.717, 1.165) is 0 Å².